The van der Waals surface area contributed by atoms with Crippen molar-refractivity contribution in [1.82, 2.24) is 4.31 Å². The van der Waals surface area contributed by atoms with E-state index in [1.165, 1.54) is 40.7 Å². The summed E-state index contributed by atoms with van der Waals surface area (Å²) in [5.74, 6) is 0.174. The van der Waals surface area contributed by atoms with Gasteiger partial charge in [0.25, 0.3) is 0 Å². The molecule has 0 amide bonds. The summed E-state index contributed by atoms with van der Waals surface area (Å²) in [7, 11) is -7.31. The third-order valence-electron chi connectivity index (χ3n) is 3.51. The SMILES string of the molecule is CC(C)N(Cc1ccc(OS(C)(=O)=O)cc1)S(=O)(=O)c1ccc(Cl)cc1. The number of benzene rings is 2. The number of sulfonamides is 1. The summed E-state index contributed by atoms with van der Waals surface area (Å²) >= 11 is 5.83. The first-order valence-corrected chi connectivity index (χ1v) is 11.4. The van der Waals surface area contributed by atoms with Crippen molar-refractivity contribution in [3.63, 3.8) is 0 Å². The Morgan fingerprint density at radius 1 is 0.962 bits per heavy atom. The molecule has 0 aliphatic heterocycles. The molecule has 0 aromatic heterocycles. The van der Waals surface area contributed by atoms with Crippen LogP contribution in [0.2, 0.25) is 5.02 Å². The minimum absolute atomic E-state index is 0.141. The van der Waals surface area contributed by atoms with Crippen LogP contribution >= 0.6 is 11.6 Å². The molecule has 0 N–H and O–H groups in total. The van der Waals surface area contributed by atoms with E-state index in [9.17, 15) is 16.8 Å². The van der Waals surface area contributed by atoms with Gasteiger partial charge in [-0.05, 0) is 55.8 Å². The van der Waals surface area contributed by atoms with Crippen molar-refractivity contribution in [3.8, 4) is 5.75 Å². The monoisotopic (exact) mass is 417 g/mol. The Bertz CT molecular complexity index is 953. The van der Waals surface area contributed by atoms with Crippen molar-refractivity contribution < 1.29 is 21.0 Å². The maximum Gasteiger partial charge on any atom is 0.306 e. The summed E-state index contributed by atoms with van der Waals surface area (Å²) in [4.78, 5) is 0.160. The molecule has 142 valence electrons. The Labute approximate surface area is 159 Å². The molecule has 0 radical (unpaired) electrons. The Hall–Kier alpha value is -1.61. The second-order valence-corrected chi connectivity index (χ2v) is 9.93. The van der Waals surface area contributed by atoms with Gasteiger partial charge in [0.05, 0.1) is 11.2 Å². The van der Waals surface area contributed by atoms with E-state index in [4.69, 9.17) is 15.8 Å². The van der Waals surface area contributed by atoms with E-state index in [0.29, 0.717) is 10.6 Å². The van der Waals surface area contributed by atoms with Crippen molar-refractivity contribution in [2.24, 2.45) is 0 Å². The molecule has 2 rings (SSSR count). The lowest BCUT2D eigenvalue weighted by atomic mass is 10.2. The summed E-state index contributed by atoms with van der Waals surface area (Å²) in [5.41, 5.74) is 0.706. The van der Waals surface area contributed by atoms with Gasteiger partial charge in [0.1, 0.15) is 5.75 Å². The zero-order valence-corrected chi connectivity index (χ0v) is 17.0. The highest BCUT2D eigenvalue weighted by Crippen LogP contribution is 2.23. The third-order valence-corrected chi connectivity index (χ3v) is 6.29. The van der Waals surface area contributed by atoms with E-state index in [-0.39, 0.29) is 23.2 Å². The van der Waals surface area contributed by atoms with Crippen LogP contribution in [-0.4, -0.2) is 33.4 Å². The number of nitrogens with zero attached hydrogens (tertiary/aromatic N) is 1. The van der Waals surface area contributed by atoms with Crippen LogP contribution in [0.1, 0.15) is 19.4 Å². The summed E-state index contributed by atoms with van der Waals surface area (Å²) in [5, 5.41) is 0.460. The molecule has 0 aliphatic rings. The number of hydrogen-bond acceptors (Lipinski definition) is 5. The van der Waals surface area contributed by atoms with Gasteiger partial charge >= 0.3 is 10.1 Å². The van der Waals surface area contributed by atoms with Crippen molar-refractivity contribution in [1.29, 1.82) is 0 Å². The maximum absolute atomic E-state index is 12.9. The van der Waals surface area contributed by atoms with E-state index >= 15 is 0 Å². The van der Waals surface area contributed by atoms with E-state index < -0.39 is 20.1 Å². The van der Waals surface area contributed by atoms with Gasteiger partial charge in [-0.2, -0.15) is 12.7 Å². The smallest absolute Gasteiger partial charge is 0.306 e. The average Bonchev–Trinajstić information content (AvgIpc) is 2.52. The Kier molecular flexibility index (Phi) is 6.33. The fourth-order valence-electron chi connectivity index (χ4n) is 2.29. The van der Waals surface area contributed by atoms with Crippen molar-refractivity contribution >= 4 is 31.7 Å². The Balaban J connectivity index is 2.27. The van der Waals surface area contributed by atoms with Gasteiger partial charge < -0.3 is 4.18 Å². The molecule has 0 saturated carbocycles. The maximum atomic E-state index is 12.9. The predicted molar refractivity (Wildman–Crippen MR) is 101 cm³/mol. The molecule has 9 heteroatoms. The van der Waals surface area contributed by atoms with Crippen LogP contribution in [0.4, 0.5) is 0 Å². The lowest BCUT2D eigenvalue weighted by Gasteiger charge is -2.26. The van der Waals surface area contributed by atoms with Crippen LogP contribution in [0.25, 0.3) is 0 Å². The largest absolute Gasteiger partial charge is 0.383 e. The second kappa shape index (κ2) is 7.96. The highest BCUT2D eigenvalue weighted by molar-refractivity contribution is 7.89. The molecule has 0 unspecified atom stereocenters. The van der Waals surface area contributed by atoms with E-state index in [1.54, 1.807) is 26.0 Å². The van der Waals surface area contributed by atoms with Crippen LogP contribution in [0, 0.1) is 0 Å². The van der Waals surface area contributed by atoms with Crippen molar-refractivity contribution in [3.05, 3.63) is 59.1 Å². The summed E-state index contributed by atoms with van der Waals surface area (Å²) in [6, 6.07) is 12.0. The van der Waals surface area contributed by atoms with Crippen LogP contribution < -0.4 is 4.18 Å². The van der Waals surface area contributed by atoms with Gasteiger partial charge in [0.15, 0.2) is 0 Å². The molecule has 0 spiro atoms. The molecule has 0 heterocycles. The fraction of sp³-hybridized carbons (Fsp3) is 0.294. The van der Waals surface area contributed by atoms with E-state index in [1.807, 2.05) is 0 Å². The molecular formula is C17H20ClNO5S2. The fourth-order valence-corrected chi connectivity index (χ4v) is 4.50. The lowest BCUT2D eigenvalue weighted by molar-refractivity contribution is 0.348. The normalized spacial score (nSPS) is 12.5. The molecule has 0 fully saturated rings. The lowest BCUT2D eigenvalue weighted by Crippen LogP contribution is -2.36. The first-order valence-electron chi connectivity index (χ1n) is 7.75. The Morgan fingerprint density at radius 3 is 1.96 bits per heavy atom. The molecule has 6 nitrogen and oxygen atoms in total. The zero-order valence-electron chi connectivity index (χ0n) is 14.6. The van der Waals surface area contributed by atoms with Crippen molar-refractivity contribution in [2.45, 2.75) is 31.3 Å². The van der Waals surface area contributed by atoms with Crippen LogP contribution in [0.15, 0.2) is 53.4 Å². The minimum atomic E-state index is -3.71. The molecule has 0 bridgehead atoms. The van der Waals surface area contributed by atoms with Gasteiger partial charge in [-0.25, -0.2) is 8.42 Å². The highest BCUT2D eigenvalue weighted by atomic mass is 35.5. The summed E-state index contributed by atoms with van der Waals surface area (Å²) in [6.07, 6.45) is 0.958. The van der Waals surface area contributed by atoms with Crippen LogP contribution in [-0.2, 0) is 26.7 Å². The van der Waals surface area contributed by atoms with Gasteiger partial charge in [0, 0.05) is 17.6 Å². The summed E-state index contributed by atoms with van der Waals surface area (Å²) < 4.78 is 54.3. The van der Waals surface area contributed by atoms with Crippen LogP contribution in [0.5, 0.6) is 5.75 Å². The number of hydrogen-bond donors (Lipinski definition) is 0. The average molecular weight is 418 g/mol. The van der Waals surface area contributed by atoms with Gasteiger partial charge in [-0.3, -0.25) is 0 Å². The van der Waals surface area contributed by atoms with Gasteiger partial charge in [-0.1, -0.05) is 23.7 Å². The standard InChI is InChI=1S/C17H20ClNO5S2/c1-13(2)19(26(22,23)17-10-6-15(18)7-11-17)12-14-4-8-16(9-5-14)24-25(3,20)21/h4-11,13H,12H2,1-3H3. The molecule has 26 heavy (non-hydrogen) atoms. The zero-order chi connectivity index (χ0) is 19.5. The van der Waals surface area contributed by atoms with Crippen molar-refractivity contribution in [2.75, 3.05) is 6.26 Å². The highest BCUT2D eigenvalue weighted by Gasteiger charge is 2.27. The van der Waals surface area contributed by atoms with Gasteiger partial charge in [-0.15, -0.1) is 0 Å². The van der Waals surface area contributed by atoms with Gasteiger partial charge in [0.2, 0.25) is 10.0 Å². The molecule has 0 saturated heterocycles. The first kappa shape index (κ1) is 20.7. The topological polar surface area (TPSA) is 80.8 Å². The quantitative estimate of drug-likeness (QED) is 0.646. The van der Waals surface area contributed by atoms with E-state index in [0.717, 1.165) is 6.26 Å². The molecule has 2 aromatic carbocycles. The van der Waals surface area contributed by atoms with E-state index in [2.05, 4.69) is 0 Å². The molecular weight excluding hydrogens is 398 g/mol. The predicted octanol–water partition coefficient (Wildman–Crippen LogP) is 3.28. The molecule has 0 atom stereocenters. The second-order valence-electron chi connectivity index (χ2n) is 6.03. The number of rotatable bonds is 7. The molecule has 2 aromatic rings. The first-order chi connectivity index (χ1) is 12.0. The Morgan fingerprint density at radius 2 is 1.50 bits per heavy atom. The number of halogens is 1. The van der Waals surface area contributed by atoms with Crippen LogP contribution in [0.3, 0.4) is 0 Å². The molecule has 0 aliphatic carbocycles. The minimum Gasteiger partial charge on any atom is -0.383 e. The summed E-state index contributed by atoms with van der Waals surface area (Å²) in [6.45, 7) is 3.71. The third kappa shape index (κ3) is 5.44.